The Morgan fingerprint density at radius 2 is 1.35 bits per heavy atom. The fraction of sp³-hybridized carbons (Fsp3) is 0.172. The molecule has 0 radical (unpaired) electrons. The van der Waals surface area contributed by atoms with Crippen molar-refractivity contribution in [3.8, 4) is 11.5 Å². The van der Waals surface area contributed by atoms with Crippen LogP contribution in [0.1, 0.15) is 41.4 Å². The van der Waals surface area contributed by atoms with Crippen molar-refractivity contribution in [3.63, 3.8) is 0 Å². The number of amides is 3. The molecule has 37 heavy (non-hydrogen) atoms. The molecule has 0 bridgehead atoms. The molecule has 0 fully saturated rings. The lowest BCUT2D eigenvalue weighted by Gasteiger charge is -2.27. The molecule has 0 aromatic heterocycles. The van der Waals surface area contributed by atoms with Crippen LogP contribution < -0.4 is 9.47 Å². The van der Waals surface area contributed by atoms with E-state index in [1.807, 2.05) is 12.1 Å². The van der Waals surface area contributed by atoms with E-state index in [1.165, 1.54) is 26.2 Å². The van der Waals surface area contributed by atoms with Crippen LogP contribution in [0.5, 0.6) is 11.5 Å². The molecule has 0 saturated carbocycles. The number of ether oxygens (including phenoxy) is 2. The molecule has 0 aliphatic carbocycles. The number of rotatable bonds is 4. The molecule has 8 nitrogen and oxygen atoms in total. The van der Waals surface area contributed by atoms with Crippen molar-refractivity contribution in [1.29, 1.82) is 0 Å². The number of fused-ring (bicyclic) bond motifs is 2. The smallest absolute Gasteiger partial charge is 0.261 e. The first kappa shape index (κ1) is 22.7. The standard InChI is InChI=1S/C29H22N2O6/c1-30(2)27(33)17-10-19(36-4)25-23-14(7-6-13(12-32)21(17)23)15-8-9-16-22-18(29(35)31(3)28(16)34)11-20(37-5)26(25)24(15)22/h6-12H,1-5H3. The maximum atomic E-state index is 13.3. The van der Waals surface area contributed by atoms with E-state index in [0.29, 0.717) is 66.1 Å². The summed E-state index contributed by atoms with van der Waals surface area (Å²) in [5.74, 6) is -0.230. The van der Waals surface area contributed by atoms with E-state index < -0.39 is 5.91 Å². The minimum Gasteiger partial charge on any atom is -0.496 e. The van der Waals surface area contributed by atoms with E-state index in [4.69, 9.17) is 9.47 Å². The van der Waals surface area contributed by atoms with Gasteiger partial charge in [0.15, 0.2) is 6.29 Å². The summed E-state index contributed by atoms with van der Waals surface area (Å²) in [7, 11) is 7.79. The molecule has 5 aromatic rings. The van der Waals surface area contributed by atoms with E-state index in [-0.39, 0.29) is 11.8 Å². The van der Waals surface area contributed by atoms with Crippen molar-refractivity contribution in [2.24, 2.45) is 0 Å². The van der Waals surface area contributed by atoms with Gasteiger partial charge in [-0.25, -0.2) is 0 Å². The summed E-state index contributed by atoms with van der Waals surface area (Å²) >= 11 is 0. The SMILES string of the molecule is COc1cc(C(=O)N(C)C)c2c(C=O)ccc3c4ccc5c6c(cc(OC)c(c1c23)c64)C(=O)N(C)C5=O. The number of carbonyl (C=O) groups excluding carboxylic acids is 4. The largest absolute Gasteiger partial charge is 0.496 e. The summed E-state index contributed by atoms with van der Waals surface area (Å²) < 4.78 is 11.6. The molecule has 8 heteroatoms. The number of nitrogens with zero attached hydrogens (tertiary/aromatic N) is 2. The molecule has 0 N–H and O–H groups in total. The van der Waals surface area contributed by atoms with E-state index in [9.17, 15) is 19.2 Å². The van der Waals surface area contributed by atoms with E-state index in [2.05, 4.69) is 0 Å². The van der Waals surface area contributed by atoms with Gasteiger partial charge < -0.3 is 14.4 Å². The molecule has 0 unspecified atom stereocenters. The van der Waals surface area contributed by atoms with Crippen molar-refractivity contribution in [2.75, 3.05) is 35.4 Å². The first-order valence-corrected chi connectivity index (χ1v) is 11.6. The van der Waals surface area contributed by atoms with Gasteiger partial charge in [-0.1, -0.05) is 18.2 Å². The van der Waals surface area contributed by atoms with Crippen LogP contribution in [-0.2, 0) is 0 Å². The van der Waals surface area contributed by atoms with Crippen LogP contribution in [0, 0.1) is 0 Å². The average molecular weight is 495 g/mol. The van der Waals surface area contributed by atoms with E-state index >= 15 is 0 Å². The summed E-state index contributed by atoms with van der Waals surface area (Å²) in [4.78, 5) is 54.3. The Kier molecular flexibility index (Phi) is 4.69. The lowest BCUT2D eigenvalue weighted by atomic mass is 9.82. The fourth-order valence-electron chi connectivity index (χ4n) is 5.68. The van der Waals surface area contributed by atoms with Crippen LogP contribution in [0.4, 0.5) is 0 Å². The zero-order chi connectivity index (χ0) is 26.3. The molecule has 0 spiro atoms. The van der Waals surface area contributed by atoms with Crippen molar-refractivity contribution in [2.45, 2.75) is 0 Å². The second-order valence-electron chi connectivity index (χ2n) is 9.35. The van der Waals surface area contributed by atoms with Crippen molar-refractivity contribution in [3.05, 3.63) is 58.7 Å². The van der Waals surface area contributed by atoms with Gasteiger partial charge in [0, 0.05) is 64.6 Å². The number of hydrogen-bond acceptors (Lipinski definition) is 6. The van der Waals surface area contributed by atoms with Crippen LogP contribution in [0.3, 0.4) is 0 Å². The van der Waals surface area contributed by atoms with Gasteiger partial charge in [0.05, 0.1) is 25.3 Å². The molecule has 1 aliphatic heterocycles. The van der Waals surface area contributed by atoms with E-state index in [1.54, 1.807) is 38.4 Å². The maximum absolute atomic E-state index is 13.3. The monoisotopic (exact) mass is 494 g/mol. The lowest BCUT2D eigenvalue weighted by Crippen LogP contribution is -2.37. The van der Waals surface area contributed by atoms with Gasteiger partial charge in [-0.05, 0) is 29.0 Å². The third-order valence-corrected chi connectivity index (χ3v) is 7.34. The normalized spacial score (nSPS) is 13.3. The number of imide groups is 1. The zero-order valence-electron chi connectivity index (χ0n) is 20.9. The minimum atomic E-state index is -0.411. The van der Waals surface area contributed by atoms with Gasteiger partial charge >= 0.3 is 0 Å². The summed E-state index contributed by atoms with van der Waals surface area (Å²) in [5, 5.41) is 5.24. The fourth-order valence-corrected chi connectivity index (χ4v) is 5.68. The van der Waals surface area contributed by atoms with Crippen molar-refractivity contribution < 1.29 is 28.7 Å². The highest BCUT2D eigenvalue weighted by Gasteiger charge is 2.34. The number of carbonyl (C=O) groups is 4. The third-order valence-electron chi connectivity index (χ3n) is 7.34. The second-order valence-corrected chi connectivity index (χ2v) is 9.35. The summed E-state index contributed by atoms with van der Waals surface area (Å²) in [6.45, 7) is 0. The van der Waals surface area contributed by atoms with Crippen molar-refractivity contribution in [1.82, 2.24) is 9.80 Å². The molecule has 6 rings (SSSR count). The summed E-state index contributed by atoms with van der Waals surface area (Å²) in [5.41, 5.74) is 1.50. The topological polar surface area (TPSA) is 93.2 Å². The quantitative estimate of drug-likeness (QED) is 0.158. The second kappa shape index (κ2) is 7.64. The first-order valence-electron chi connectivity index (χ1n) is 11.6. The van der Waals surface area contributed by atoms with Crippen LogP contribution in [0.25, 0.3) is 43.1 Å². The molecular formula is C29H22N2O6. The zero-order valence-corrected chi connectivity index (χ0v) is 20.9. The number of aldehydes is 1. The average Bonchev–Trinajstić information content (AvgIpc) is 2.92. The highest BCUT2D eigenvalue weighted by atomic mass is 16.5. The Morgan fingerprint density at radius 3 is 1.95 bits per heavy atom. The molecular weight excluding hydrogens is 472 g/mol. The van der Waals surface area contributed by atoms with Crippen LogP contribution in [-0.4, -0.2) is 69.2 Å². The Labute approximate surface area is 211 Å². The van der Waals surface area contributed by atoms with Gasteiger partial charge in [0.2, 0.25) is 0 Å². The van der Waals surface area contributed by atoms with Crippen LogP contribution >= 0.6 is 0 Å². The predicted octanol–water partition coefficient (Wildman–Crippen LogP) is 4.49. The Bertz CT molecular complexity index is 1870. The van der Waals surface area contributed by atoms with Crippen LogP contribution in [0.2, 0.25) is 0 Å². The molecule has 1 heterocycles. The molecule has 0 atom stereocenters. The van der Waals surface area contributed by atoms with E-state index in [0.717, 1.165) is 22.0 Å². The summed E-state index contributed by atoms with van der Waals surface area (Å²) in [6.07, 6.45) is 0.738. The molecule has 0 saturated heterocycles. The lowest BCUT2D eigenvalue weighted by molar-refractivity contribution is 0.0649. The first-order chi connectivity index (χ1) is 17.7. The molecule has 1 aliphatic rings. The molecule has 3 amide bonds. The van der Waals surface area contributed by atoms with Crippen molar-refractivity contribution >= 4 is 67.1 Å². The highest BCUT2D eigenvalue weighted by molar-refractivity contribution is 6.41. The van der Waals surface area contributed by atoms with Gasteiger partial charge in [-0.15, -0.1) is 0 Å². The Morgan fingerprint density at radius 1 is 0.784 bits per heavy atom. The maximum Gasteiger partial charge on any atom is 0.261 e. The summed E-state index contributed by atoms with van der Waals surface area (Å²) in [6, 6.07) is 10.4. The molecule has 5 aromatic carbocycles. The Hall–Kier alpha value is -4.72. The molecule has 184 valence electrons. The number of methoxy groups -OCH3 is 2. The minimum absolute atomic E-state index is 0.271. The van der Waals surface area contributed by atoms with Gasteiger partial charge in [-0.3, -0.25) is 24.1 Å². The Balaban J connectivity index is 1.99. The number of benzene rings is 5. The van der Waals surface area contributed by atoms with Crippen LogP contribution in [0.15, 0.2) is 36.4 Å². The van der Waals surface area contributed by atoms with Gasteiger partial charge in [0.1, 0.15) is 11.5 Å². The van der Waals surface area contributed by atoms with Gasteiger partial charge in [-0.2, -0.15) is 0 Å². The predicted molar refractivity (Wildman–Crippen MR) is 141 cm³/mol. The third kappa shape index (κ3) is 2.72. The number of hydrogen-bond donors (Lipinski definition) is 0. The highest BCUT2D eigenvalue weighted by Crippen LogP contribution is 2.51. The van der Waals surface area contributed by atoms with Gasteiger partial charge in [0.25, 0.3) is 17.7 Å².